The van der Waals surface area contributed by atoms with Gasteiger partial charge in [0.05, 0.1) is 5.69 Å². The highest BCUT2D eigenvalue weighted by atomic mass is 32.2. The molecule has 0 aromatic heterocycles. The number of likely N-dealkylation sites (N-methyl/N-ethyl adjacent to an activating group) is 1. The Labute approximate surface area is 201 Å². The Morgan fingerprint density at radius 1 is 1.06 bits per heavy atom. The Kier molecular flexibility index (Phi) is 9.57. The van der Waals surface area contributed by atoms with Crippen molar-refractivity contribution in [2.75, 3.05) is 31.5 Å². The molecule has 186 valence electrons. The largest absolute Gasteiger partial charge is 0.355 e. The number of hydrogen-bond donors (Lipinski definition) is 1. The highest BCUT2D eigenvalue weighted by Crippen LogP contribution is 2.22. The minimum absolute atomic E-state index is 0.134. The Balaban J connectivity index is 2.49. The number of carbonyl (C=O) groups excluding carboxylic acids is 2. The van der Waals surface area contributed by atoms with Gasteiger partial charge in [0.2, 0.25) is 11.8 Å². The van der Waals surface area contributed by atoms with Gasteiger partial charge in [-0.15, -0.1) is 0 Å². The van der Waals surface area contributed by atoms with E-state index in [-0.39, 0.29) is 18.1 Å². The summed E-state index contributed by atoms with van der Waals surface area (Å²) in [4.78, 5) is 27.8. The minimum Gasteiger partial charge on any atom is -0.355 e. The lowest BCUT2D eigenvalue weighted by Crippen LogP contribution is -2.53. The van der Waals surface area contributed by atoms with Crippen LogP contribution in [0.15, 0.2) is 48.5 Å². The Bertz CT molecular complexity index is 1090. The predicted molar refractivity (Wildman–Crippen MR) is 131 cm³/mol. The van der Waals surface area contributed by atoms with Gasteiger partial charge in [0.15, 0.2) is 0 Å². The second-order valence-corrected chi connectivity index (χ2v) is 10.2. The van der Waals surface area contributed by atoms with E-state index < -0.39 is 34.5 Å². The van der Waals surface area contributed by atoms with Crippen LogP contribution in [0.2, 0.25) is 0 Å². The average Bonchev–Trinajstić information content (AvgIpc) is 2.78. The van der Waals surface area contributed by atoms with Gasteiger partial charge >= 0.3 is 10.2 Å². The van der Waals surface area contributed by atoms with Crippen molar-refractivity contribution in [2.24, 2.45) is 0 Å². The summed E-state index contributed by atoms with van der Waals surface area (Å²) >= 11 is 0. The van der Waals surface area contributed by atoms with E-state index in [1.54, 1.807) is 13.8 Å². The van der Waals surface area contributed by atoms with Crippen molar-refractivity contribution in [1.82, 2.24) is 14.5 Å². The summed E-state index contributed by atoms with van der Waals surface area (Å²) in [5.74, 6) is -1.38. The van der Waals surface area contributed by atoms with Crippen LogP contribution in [-0.4, -0.2) is 62.7 Å². The number of carbonyl (C=O) groups is 2. The van der Waals surface area contributed by atoms with Crippen LogP contribution < -0.4 is 9.62 Å². The van der Waals surface area contributed by atoms with Crippen LogP contribution in [0, 0.1) is 12.7 Å². The summed E-state index contributed by atoms with van der Waals surface area (Å²) in [5.41, 5.74) is 1.96. The van der Waals surface area contributed by atoms with Crippen molar-refractivity contribution < 1.29 is 22.4 Å². The summed E-state index contributed by atoms with van der Waals surface area (Å²) in [6.07, 6.45) is 0.348. The van der Waals surface area contributed by atoms with Gasteiger partial charge in [-0.05, 0) is 50.1 Å². The fourth-order valence-electron chi connectivity index (χ4n) is 3.54. The van der Waals surface area contributed by atoms with Gasteiger partial charge in [-0.3, -0.25) is 9.59 Å². The van der Waals surface area contributed by atoms with E-state index in [0.29, 0.717) is 13.0 Å². The third-order valence-corrected chi connectivity index (χ3v) is 7.13. The molecule has 34 heavy (non-hydrogen) atoms. The fraction of sp³-hybridized carbons (Fsp3) is 0.417. The number of amides is 2. The van der Waals surface area contributed by atoms with Crippen LogP contribution in [0.3, 0.4) is 0 Å². The van der Waals surface area contributed by atoms with Gasteiger partial charge in [-0.2, -0.15) is 12.7 Å². The summed E-state index contributed by atoms with van der Waals surface area (Å²) in [6, 6.07) is 11.6. The third-order valence-electron chi connectivity index (χ3n) is 5.31. The molecule has 2 rings (SSSR count). The normalized spacial score (nSPS) is 12.3. The zero-order valence-electron chi connectivity index (χ0n) is 20.3. The smallest absolute Gasteiger partial charge is 0.304 e. The number of benzene rings is 2. The zero-order valence-corrected chi connectivity index (χ0v) is 21.1. The molecule has 0 bridgehead atoms. The van der Waals surface area contributed by atoms with Crippen molar-refractivity contribution in [3.8, 4) is 0 Å². The molecule has 0 saturated carbocycles. The number of rotatable bonds is 11. The van der Waals surface area contributed by atoms with E-state index in [9.17, 15) is 22.4 Å². The maximum absolute atomic E-state index is 13.6. The minimum atomic E-state index is -4.08. The maximum Gasteiger partial charge on any atom is 0.304 e. The van der Waals surface area contributed by atoms with Crippen LogP contribution in [0.1, 0.15) is 31.4 Å². The molecule has 0 spiro atoms. The topological polar surface area (TPSA) is 90.0 Å². The molecule has 10 heteroatoms. The van der Waals surface area contributed by atoms with Gasteiger partial charge < -0.3 is 10.2 Å². The number of nitrogens with zero attached hydrogens (tertiary/aromatic N) is 3. The Hall–Kier alpha value is -2.98. The highest BCUT2D eigenvalue weighted by Gasteiger charge is 2.33. The molecule has 0 radical (unpaired) electrons. The van der Waals surface area contributed by atoms with Gasteiger partial charge in [0, 0.05) is 27.2 Å². The summed E-state index contributed by atoms with van der Waals surface area (Å²) in [5, 5.41) is 2.75. The molecule has 0 saturated heterocycles. The molecule has 0 heterocycles. The molecule has 8 nitrogen and oxygen atoms in total. The van der Waals surface area contributed by atoms with Gasteiger partial charge in [-0.1, -0.05) is 36.8 Å². The second-order valence-electron chi connectivity index (χ2n) is 8.10. The lowest BCUT2D eigenvalue weighted by Gasteiger charge is -2.33. The molecule has 2 amide bonds. The first-order valence-electron chi connectivity index (χ1n) is 11.1. The second kappa shape index (κ2) is 11.9. The number of anilines is 1. The SMILES string of the molecule is CCNC(=O)C(CC)N(Cc1cccc(C)c1)C(=O)CN(c1ccc(F)cc1)S(=O)(=O)N(C)C. The monoisotopic (exact) mass is 492 g/mol. The predicted octanol–water partition coefficient (Wildman–Crippen LogP) is 2.69. The van der Waals surface area contributed by atoms with Crippen LogP contribution in [0.25, 0.3) is 0 Å². The fourth-order valence-corrected chi connectivity index (χ4v) is 4.60. The first-order valence-corrected chi connectivity index (χ1v) is 12.5. The number of nitrogens with one attached hydrogen (secondary N) is 1. The Morgan fingerprint density at radius 2 is 1.71 bits per heavy atom. The molecule has 2 aromatic carbocycles. The van der Waals surface area contributed by atoms with Crippen LogP contribution in [0.5, 0.6) is 0 Å². The number of hydrogen-bond acceptors (Lipinski definition) is 4. The van der Waals surface area contributed by atoms with Crippen molar-refractivity contribution in [1.29, 1.82) is 0 Å². The molecule has 0 aliphatic rings. The molecule has 0 aliphatic heterocycles. The molecule has 1 N–H and O–H groups in total. The standard InChI is InChI=1S/C24H33FN4O4S/c1-6-22(24(31)26-7-2)28(16-19-10-8-9-18(3)15-19)23(30)17-29(34(32,33)27(4)5)21-13-11-20(25)12-14-21/h8-15,22H,6-7,16-17H2,1-5H3,(H,26,31). The van der Waals surface area contributed by atoms with E-state index >= 15 is 0 Å². The quantitative estimate of drug-likeness (QED) is 0.522. The molecule has 0 aliphatic carbocycles. The Morgan fingerprint density at radius 3 is 2.24 bits per heavy atom. The lowest BCUT2D eigenvalue weighted by molar-refractivity contribution is -0.140. The molecule has 0 fully saturated rings. The first-order chi connectivity index (χ1) is 16.0. The summed E-state index contributed by atoms with van der Waals surface area (Å²) < 4.78 is 41.5. The third kappa shape index (κ3) is 6.77. The zero-order chi connectivity index (χ0) is 25.5. The first kappa shape index (κ1) is 27.3. The maximum atomic E-state index is 13.6. The molecular weight excluding hydrogens is 459 g/mol. The van der Waals surface area contributed by atoms with Crippen LogP contribution >= 0.6 is 0 Å². The summed E-state index contributed by atoms with van der Waals surface area (Å²) in [7, 11) is -1.38. The van der Waals surface area contributed by atoms with Crippen LogP contribution in [-0.2, 0) is 26.3 Å². The van der Waals surface area contributed by atoms with Gasteiger partial charge in [0.1, 0.15) is 18.4 Å². The van der Waals surface area contributed by atoms with E-state index in [1.807, 2.05) is 31.2 Å². The van der Waals surface area contributed by atoms with Gasteiger partial charge in [-0.25, -0.2) is 8.70 Å². The van der Waals surface area contributed by atoms with Crippen molar-refractivity contribution >= 4 is 27.7 Å². The number of aryl methyl sites for hydroxylation is 1. The molecule has 2 aromatic rings. The van der Waals surface area contributed by atoms with Crippen molar-refractivity contribution in [3.63, 3.8) is 0 Å². The number of halogens is 1. The van der Waals surface area contributed by atoms with Crippen molar-refractivity contribution in [2.45, 2.75) is 39.8 Å². The van der Waals surface area contributed by atoms with Crippen LogP contribution in [0.4, 0.5) is 10.1 Å². The van der Waals surface area contributed by atoms with E-state index in [2.05, 4.69) is 5.32 Å². The van der Waals surface area contributed by atoms with E-state index in [4.69, 9.17) is 0 Å². The van der Waals surface area contributed by atoms with Gasteiger partial charge in [0.25, 0.3) is 0 Å². The van der Waals surface area contributed by atoms with E-state index in [0.717, 1.165) is 31.9 Å². The van der Waals surface area contributed by atoms with Crippen molar-refractivity contribution in [3.05, 3.63) is 65.5 Å². The lowest BCUT2D eigenvalue weighted by atomic mass is 10.1. The molecule has 1 unspecified atom stereocenters. The summed E-state index contributed by atoms with van der Waals surface area (Å²) in [6.45, 7) is 5.50. The molecular formula is C24H33FN4O4S. The highest BCUT2D eigenvalue weighted by molar-refractivity contribution is 7.90. The van der Waals surface area contributed by atoms with E-state index in [1.165, 1.54) is 31.1 Å². The average molecular weight is 493 g/mol. The molecule has 1 atom stereocenters.